The van der Waals surface area contributed by atoms with Crippen molar-refractivity contribution in [1.29, 1.82) is 0 Å². The number of benzene rings is 1. The molecule has 0 aromatic heterocycles. The number of hydrogen-bond acceptors (Lipinski definition) is 4. The third kappa shape index (κ3) is 5.38. The Hall–Kier alpha value is -1.92. The van der Waals surface area contributed by atoms with E-state index in [-0.39, 0.29) is 31.4 Å². The van der Waals surface area contributed by atoms with Crippen molar-refractivity contribution >= 4 is 11.9 Å². The Morgan fingerprint density at radius 3 is 2.40 bits per heavy atom. The summed E-state index contributed by atoms with van der Waals surface area (Å²) in [5.41, 5.74) is 6.89. The molecule has 1 aromatic carbocycles. The number of amides is 1. The Balaban J connectivity index is 2.41. The molecule has 0 heterocycles. The van der Waals surface area contributed by atoms with Crippen molar-refractivity contribution < 1.29 is 19.8 Å². The molecular formula is C14H20N2O4. The number of aliphatic hydroxyl groups is 1. The van der Waals surface area contributed by atoms with Crippen molar-refractivity contribution in [3.8, 4) is 0 Å². The van der Waals surface area contributed by atoms with Crippen LogP contribution in [0.25, 0.3) is 0 Å². The molecule has 0 aliphatic carbocycles. The number of aliphatic hydroxyl groups excluding tert-OH is 1. The summed E-state index contributed by atoms with van der Waals surface area (Å²) >= 11 is 0. The molecule has 20 heavy (non-hydrogen) atoms. The smallest absolute Gasteiger partial charge is 0.326 e. The van der Waals surface area contributed by atoms with E-state index in [0.717, 1.165) is 5.56 Å². The van der Waals surface area contributed by atoms with Gasteiger partial charge in [-0.05, 0) is 12.0 Å². The van der Waals surface area contributed by atoms with E-state index in [1.54, 1.807) is 0 Å². The van der Waals surface area contributed by atoms with Crippen LogP contribution in [-0.4, -0.2) is 34.7 Å². The molecule has 6 nitrogen and oxygen atoms in total. The monoisotopic (exact) mass is 280 g/mol. The van der Waals surface area contributed by atoms with Gasteiger partial charge in [0.2, 0.25) is 5.91 Å². The lowest BCUT2D eigenvalue weighted by Crippen LogP contribution is -2.41. The summed E-state index contributed by atoms with van der Waals surface area (Å²) < 4.78 is 0. The zero-order valence-corrected chi connectivity index (χ0v) is 11.2. The normalized spacial score (nSPS) is 13.5. The van der Waals surface area contributed by atoms with Crippen LogP contribution in [0.15, 0.2) is 30.3 Å². The highest BCUT2D eigenvalue weighted by molar-refractivity contribution is 5.83. The maximum atomic E-state index is 11.7. The lowest BCUT2D eigenvalue weighted by molar-refractivity contribution is -0.142. The number of carboxylic acid groups (broad SMARTS) is 1. The van der Waals surface area contributed by atoms with E-state index in [2.05, 4.69) is 5.32 Å². The largest absolute Gasteiger partial charge is 0.480 e. The molecular weight excluding hydrogens is 260 g/mol. The van der Waals surface area contributed by atoms with Crippen LogP contribution in [0.4, 0.5) is 0 Å². The molecule has 0 saturated carbocycles. The van der Waals surface area contributed by atoms with Crippen molar-refractivity contribution in [2.45, 2.75) is 31.3 Å². The second-order valence-electron chi connectivity index (χ2n) is 4.53. The second kappa shape index (κ2) is 8.29. The zero-order chi connectivity index (χ0) is 15.0. The summed E-state index contributed by atoms with van der Waals surface area (Å²) in [6, 6.07) is 8.08. The molecule has 0 aliphatic heterocycles. The molecule has 0 radical (unpaired) electrons. The number of nitrogens with one attached hydrogen (secondary N) is 1. The van der Waals surface area contributed by atoms with Gasteiger partial charge in [0.1, 0.15) is 6.04 Å². The van der Waals surface area contributed by atoms with Gasteiger partial charge in [0.15, 0.2) is 0 Å². The minimum absolute atomic E-state index is 0.00812. The van der Waals surface area contributed by atoms with Gasteiger partial charge >= 0.3 is 5.97 Å². The van der Waals surface area contributed by atoms with Crippen molar-refractivity contribution in [2.75, 3.05) is 6.61 Å². The predicted molar refractivity (Wildman–Crippen MR) is 73.9 cm³/mol. The lowest BCUT2D eigenvalue weighted by atomic mass is 10.0. The fraction of sp³-hybridized carbons (Fsp3) is 0.429. The van der Waals surface area contributed by atoms with Crippen LogP contribution in [0.5, 0.6) is 0 Å². The van der Waals surface area contributed by atoms with Crippen molar-refractivity contribution in [3.05, 3.63) is 35.9 Å². The molecule has 2 atom stereocenters. The average Bonchev–Trinajstić information content (AvgIpc) is 2.45. The van der Waals surface area contributed by atoms with Crippen LogP contribution in [0.1, 0.15) is 30.9 Å². The standard InChI is InChI=1S/C14H20N2O4/c15-11(10-4-2-1-3-5-10)6-7-13(18)16-12(8-9-17)14(19)20/h1-5,11-12,17H,6-9,15H2,(H,16,18)(H,19,20)/t11?,12-/m0/s1. The van der Waals surface area contributed by atoms with Gasteiger partial charge in [-0.1, -0.05) is 30.3 Å². The summed E-state index contributed by atoms with van der Waals surface area (Å²) in [4.78, 5) is 22.5. The summed E-state index contributed by atoms with van der Waals surface area (Å²) in [7, 11) is 0. The topological polar surface area (TPSA) is 113 Å². The molecule has 0 aliphatic rings. The van der Waals surface area contributed by atoms with E-state index in [4.69, 9.17) is 15.9 Å². The van der Waals surface area contributed by atoms with Gasteiger partial charge in [-0.25, -0.2) is 4.79 Å². The number of nitrogens with two attached hydrogens (primary N) is 1. The van der Waals surface area contributed by atoms with Gasteiger partial charge in [-0.15, -0.1) is 0 Å². The Kier molecular flexibility index (Phi) is 6.69. The Labute approximate surface area is 117 Å². The Bertz CT molecular complexity index is 436. The highest BCUT2D eigenvalue weighted by atomic mass is 16.4. The van der Waals surface area contributed by atoms with E-state index in [1.165, 1.54) is 0 Å². The van der Waals surface area contributed by atoms with Gasteiger partial charge in [0.25, 0.3) is 0 Å². The van der Waals surface area contributed by atoms with E-state index < -0.39 is 12.0 Å². The Morgan fingerprint density at radius 1 is 1.20 bits per heavy atom. The summed E-state index contributed by atoms with van der Waals surface area (Å²) in [5.74, 6) is -1.53. The molecule has 1 amide bonds. The number of carbonyl (C=O) groups is 2. The van der Waals surface area contributed by atoms with E-state index in [9.17, 15) is 9.59 Å². The zero-order valence-electron chi connectivity index (χ0n) is 11.2. The van der Waals surface area contributed by atoms with E-state index >= 15 is 0 Å². The minimum Gasteiger partial charge on any atom is -0.480 e. The van der Waals surface area contributed by atoms with Gasteiger partial charge in [0, 0.05) is 25.5 Å². The third-order valence-corrected chi connectivity index (χ3v) is 2.96. The van der Waals surface area contributed by atoms with Crippen LogP contribution in [0, 0.1) is 0 Å². The van der Waals surface area contributed by atoms with Crippen LogP contribution >= 0.6 is 0 Å². The molecule has 0 saturated heterocycles. The fourth-order valence-corrected chi connectivity index (χ4v) is 1.81. The summed E-state index contributed by atoms with van der Waals surface area (Å²) in [5, 5.41) is 20.0. The predicted octanol–water partition coefficient (Wildman–Crippen LogP) is 0.418. The maximum absolute atomic E-state index is 11.7. The highest BCUT2D eigenvalue weighted by Crippen LogP contribution is 2.14. The third-order valence-electron chi connectivity index (χ3n) is 2.96. The fourth-order valence-electron chi connectivity index (χ4n) is 1.81. The quantitative estimate of drug-likeness (QED) is 0.551. The number of carboxylic acids is 1. The van der Waals surface area contributed by atoms with E-state index in [0.29, 0.717) is 6.42 Å². The van der Waals surface area contributed by atoms with Crippen LogP contribution < -0.4 is 11.1 Å². The van der Waals surface area contributed by atoms with Crippen molar-refractivity contribution in [2.24, 2.45) is 5.73 Å². The minimum atomic E-state index is -1.15. The molecule has 1 aromatic rings. The van der Waals surface area contributed by atoms with Gasteiger partial charge in [0.05, 0.1) is 0 Å². The number of rotatable bonds is 8. The van der Waals surface area contributed by atoms with Gasteiger partial charge in [-0.3, -0.25) is 4.79 Å². The molecule has 5 N–H and O–H groups in total. The summed E-state index contributed by atoms with van der Waals surface area (Å²) in [6.45, 7) is -0.291. The number of hydrogen-bond donors (Lipinski definition) is 4. The molecule has 1 rings (SSSR count). The average molecular weight is 280 g/mol. The number of carbonyl (C=O) groups excluding carboxylic acids is 1. The first kappa shape index (κ1) is 16.1. The molecule has 110 valence electrons. The van der Waals surface area contributed by atoms with E-state index in [1.807, 2.05) is 30.3 Å². The number of aliphatic carboxylic acids is 1. The van der Waals surface area contributed by atoms with Gasteiger partial charge < -0.3 is 21.3 Å². The first-order valence-corrected chi connectivity index (χ1v) is 6.48. The Morgan fingerprint density at radius 2 is 1.85 bits per heavy atom. The van der Waals surface area contributed by atoms with Crippen LogP contribution in [0.2, 0.25) is 0 Å². The first-order valence-electron chi connectivity index (χ1n) is 6.48. The highest BCUT2D eigenvalue weighted by Gasteiger charge is 2.19. The molecule has 0 fully saturated rings. The second-order valence-corrected chi connectivity index (χ2v) is 4.53. The molecule has 6 heteroatoms. The van der Waals surface area contributed by atoms with Crippen LogP contribution in [-0.2, 0) is 9.59 Å². The molecule has 1 unspecified atom stereocenters. The van der Waals surface area contributed by atoms with Crippen LogP contribution in [0.3, 0.4) is 0 Å². The summed E-state index contributed by atoms with van der Waals surface area (Å²) in [6.07, 6.45) is 0.568. The van der Waals surface area contributed by atoms with Crippen molar-refractivity contribution in [3.63, 3.8) is 0 Å². The molecule has 0 bridgehead atoms. The van der Waals surface area contributed by atoms with Gasteiger partial charge in [-0.2, -0.15) is 0 Å². The lowest BCUT2D eigenvalue weighted by Gasteiger charge is -2.15. The molecule has 0 spiro atoms. The maximum Gasteiger partial charge on any atom is 0.326 e. The first-order chi connectivity index (χ1) is 9.54. The SMILES string of the molecule is NC(CCC(=O)N[C@@H](CCO)C(=O)O)c1ccccc1. The van der Waals surface area contributed by atoms with Crippen molar-refractivity contribution in [1.82, 2.24) is 5.32 Å².